The molecule has 2 N–H and O–H groups in total. The third-order valence-electron chi connectivity index (χ3n) is 20.5. The number of hydrogen-bond acceptors (Lipinski definition) is 12. The van der Waals surface area contributed by atoms with Gasteiger partial charge in [0.15, 0.2) is 0 Å². The first-order valence-electron chi connectivity index (χ1n) is 36.7. The average Bonchev–Trinajstić information content (AvgIpc) is 0.728. The maximum absolute atomic E-state index is 16.8. The van der Waals surface area contributed by atoms with Gasteiger partial charge in [-0.25, -0.2) is 0 Å². The molecule has 2 aliphatic heterocycles. The van der Waals surface area contributed by atoms with Crippen LogP contribution in [0.1, 0.15) is 156 Å². The molecule has 17 rings (SSSR count). The number of benzene rings is 13. The quantitative estimate of drug-likeness (QED) is 0.0469. The highest BCUT2D eigenvalue weighted by molar-refractivity contribution is 6.45. The molecule has 0 fully saturated rings. The Hall–Kier alpha value is -12.8. The SMILES string of the molecule is CCc1cccc(Oc2cc3c4c(cc(Oc5cccc(CC)c5)c5c6c(Oc7cccc(CC)c7)cc7c8c(cc(Oc9cccc(CC)c9)c(c2c45)c86)C(=O)N(C(C(=O)NC(C)(C)C)c2ccc4c(c2)oc2ccccc24)C7=O)C(=O)N(C(C(=O)NC(C)(C)C)c2ccc4c(c2)oc2ccccc24)C3=O)c1. The van der Waals surface area contributed by atoms with Gasteiger partial charge in [-0.3, -0.25) is 38.6 Å². The number of imide groups is 2. The molecule has 0 spiro atoms. The number of aryl methyl sites for hydroxylation is 4. The number of nitrogens with one attached hydrogen (secondary N) is 2. The normalized spacial score (nSPS) is 13.8. The van der Waals surface area contributed by atoms with Crippen molar-refractivity contribution in [2.45, 2.75) is 118 Å². The van der Waals surface area contributed by atoms with Crippen LogP contribution < -0.4 is 29.6 Å². The highest BCUT2D eigenvalue weighted by atomic mass is 16.5. The van der Waals surface area contributed by atoms with E-state index in [0.717, 1.165) is 53.6 Å². The van der Waals surface area contributed by atoms with Crippen molar-refractivity contribution in [3.05, 3.63) is 262 Å². The number of amides is 6. The van der Waals surface area contributed by atoms with Gasteiger partial charge in [0.1, 0.15) is 80.4 Å². The zero-order valence-corrected chi connectivity index (χ0v) is 61.4. The van der Waals surface area contributed by atoms with Crippen molar-refractivity contribution in [3.63, 3.8) is 0 Å². The van der Waals surface area contributed by atoms with Gasteiger partial charge in [0.05, 0.1) is 22.3 Å². The lowest BCUT2D eigenvalue weighted by molar-refractivity contribution is -0.127. The number of para-hydroxylation sites is 2. The van der Waals surface area contributed by atoms with Crippen molar-refractivity contribution in [1.82, 2.24) is 20.4 Å². The van der Waals surface area contributed by atoms with Crippen molar-refractivity contribution in [2.75, 3.05) is 0 Å². The molecule has 0 radical (unpaired) electrons. The van der Waals surface area contributed by atoms with E-state index in [1.165, 1.54) is 0 Å². The van der Waals surface area contributed by atoms with Crippen LogP contribution in [-0.4, -0.2) is 56.3 Å². The lowest BCUT2D eigenvalue weighted by Gasteiger charge is -2.37. The van der Waals surface area contributed by atoms with Crippen LogP contribution in [0.5, 0.6) is 46.0 Å². The summed E-state index contributed by atoms with van der Waals surface area (Å²) in [4.78, 5) is 101. The van der Waals surface area contributed by atoms with Crippen LogP contribution in [-0.2, 0) is 35.3 Å². The molecule has 16 nitrogen and oxygen atoms in total. The van der Waals surface area contributed by atoms with Gasteiger partial charge in [-0.05, 0) is 198 Å². The summed E-state index contributed by atoms with van der Waals surface area (Å²) < 4.78 is 42.5. The second kappa shape index (κ2) is 26.0. The molecule has 536 valence electrons. The van der Waals surface area contributed by atoms with Crippen molar-refractivity contribution in [3.8, 4) is 46.0 Å². The largest absolute Gasteiger partial charge is 0.457 e. The van der Waals surface area contributed by atoms with Crippen LogP contribution in [0.4, 0.5) is 0 Å². The van der Waals surface area contributed by atoms with Gasteiger partial charge in [-0.1, -0.05) is 137 Å². The summed E-state index contributed by atoms with van der Waals surface area (Å²) in [5.74, 6) is -2.65. The van der Waals surface area contributed by atoms with Crippen molar-refractivity contribution < 1.29 is 56.5 Å². The number of hydrogen-bond donors (Lipinski definition) is 2. The molecule has 16 heteroatoms. The minimum absolute atomic E-state index is 0.00385. The van der Waals surface area contributed by atoms with Gasteiger partial charge < -0.3 is 38.4 Å². The Bertz CT molecular complexity index is 5740. The number of nitrogens with zero attached hydrogens (tertiary/aromatic N) is 2. The zero-order chi connectivity index (χ0) is 74.9. The molecule has 13 aromatic carbocycles. The van der Waals surface area contributed by atoms with E-state index in [-0.39, 0.29) is 56.0 Å². The van der Waals surface area contributed by atoms with Crippen LogP contribution in [0.3, 0.4) is 0 Å². The number of fused-ring (bicyclic) bond motifs is 8. The molecule has 4 heterocycles. The van der Waals surface area contributed by atoms with E-state index < -0.39 is 58.6 Å². The van der Waals surface area contributed by atoms with Gasteiger partial charge >= 0.3 is 0 Å². The lowest BCUT2D eigenvalue weighted by atomic mass is 9.80. The van der Waals surface area contributed by atoms with Gasteiger partial charge in [-0.15, -0.1) is 0 Å². The second-order valence-electron chi connectivity index (χ2n) is 30.1. The molecule has 15 aromatic rings. The second-order valence-corrected chi connectivity index (χ2v) is 30.1. The molecule has 0 saturated carbocycles. The zero-order valence-electron chi connectivity index (χ0n) is 61.4. The first-order valence-corrected chi connectivity index (χ1v) is 36.7. The number of carbonyl (C=O) groups is 6. The predicted octanol–water partition coefficient (Wildman–Crippen LogP) is 21.5. The fraction of sp³-hybridized carbons (Fsp3) is 0.196. The highest BCUT2D eigenvalue weighted by Gasteiger charge is 2.48. The minimum Gasteiger partial charge on any atom is -0.457 e. The first kappa shape index (κ1) is 68.3. The van der Waals surface area contributed by atoms with E-state index in [4.69, 9.17) is 27.8 Å². The smallest absolute Gasteiger partial charge is 0.262 e. The fourth-order valence-corrected chi connectivity index (χ4v) is 15.7. The standard InChI is InChI=1S/C92H76N4O12/c1-11-49-23-19-27-55(39-49)103-71-45-63-75-64(88(100)95(87(63)99)83(85(97)93-91(5,6)7)53-35-37-61-59-31-15-17-33-67(59)107-69(61)43-53)47-73(105-57-29-21-25-51(13-3)41-57)79-80-74(106-58-30-22-26-52(14-4)42-58)48-66-76-65(46-72(78(82(76)80)77(71)81(75)79)104-56-28-20-24-50(12-2)40-56)89(101)96(90(66)102)84(86(98)94-92(8,9)10)54-36-38-62-60-32-16-18-34-68(60)108-70(62)44-54/h15-48,83-84H,11-14H2,1-10H3,(H,93,97)(H,94,98). The summed E-state index contributed by atoms with van der Waals surface area (Å²) in [6.07, 6.45) is 2.54. The Labute approximate surface area is 622 Å². The molecule has 0 saturated heterocycles. The monoisotopic (exact) mass is 1430 g/mol. The van der Waals surface area contributed by atoms with Crippen LogP contribution in [0.15, 0.2) is 215 Å². The molecule has 108 heavy (non-hydrogen) atoms. The number of rotatable bonds is 18. The van der Waals surface area contributed by atoms with Gasteiger partial charge in [0.2, 0.25) is 11.8 Å². The minimum atomic E-state index is -1.59. The Morgan fingerprint density at radius 1 is 0.333 bits per heavy atom. The van der Waals surface area contributed by atoms with E-state index in [2.05, 4.69) is 10.6 Å². The maximum Gasteiger partial charge on any atom is 0.262 e. The molecule has 2 aromatic heterocycles. The summed E-state index contributed by atoms with van der Waals surface area (Å²) in [5, 5.41) is 11.6. The number of furan rings is 2. The summed E-state index contributed by atoms with van der Waals surface area (Å²) in [6.45, 7) is 19.1. The van der Waals surface area contributed by atoms with Crippen LogP contribution in [0.2, 0.25) is 0 Å². The van der Waals surface area contributed by atoms with Crippen LogP contribution in [0.25, 0.3) is 87.0 Å². The first-order chi connectivity index (χ1) is 52.0. The van der Waals surface area contributed by atoms with Gasteiger partial charge in [0.25, 0.3) is 23.6 Å². The Morgan fingerprint density at radius 3 is 0.907 bits per heavy atom. The van der Waals surface area contributed by atoms with E-state index in [9.17, 15) is 0 Å². The number of ether oxygens (including phenoxy) is 4. The molecular weight excluding hydrogens is 1350 g/mol. The van der Waals surface area contributed by atoms with Crippen LogP contribution in [0, 0.1) is 0 Å². The topological polar surface area (TPSA) is 196 Å². The summed E-state index contributed by atoms with van der Waals surface area (Å²) in [5.41, 5.74) is 4.72. The molecule has 2 unspecified atom stereocenters. The van der Waals surface area contributed by atoms with E-state index in [0.29, 0.717) is 114 Å². The summed E-state index contributed by atoms with van der Waals surface area (Å²) in [7, 11) is 0. The molecule has 6 amide bonds. The van der Waals surface area contributed by atoms with Crippen LogP contribution >= 0.6 is 0 Å². The average molecular weight is 1430 g/mol. The van der Waals surface area contributed by atoms with Gasteiger partial charge in [0, 0.05) is 75.7 Å². The maximum atomic E-state index is 16.8. The Morgan fingerprint density at radius 2 is 0.620 bits per heavy atom. The summed E-state index contributed by atoms with van der Waals surface area (Å²) >= 11 is 0. The predicted molar refractivity (Wildman–Crippen MR) is 421 cm³/mol. The van der Waals surface area contributed by atoms with E-state index in [1.54, 1.807) is 48.5 Å². The molecule has 2 aliphatic rings. The molecule has 0 aliphatic carbocycles. The summed E-state index contributed by atoms with van der Waals surface area (Å²) in [6, 6.07) is 59.4. The van der Waals surface area contributed by atoms with E-state index in [1.807, 2.05) is 227 Å². The number of carbonyl (C=O) groups excluding carboxylic acids is 6. The van der Waals surface area contributed by atoms with Crippen molar-refractivity contribution in [1.29, 1.82) is 0 Å². The molecular formula is C92H76N4O12. The Balaban J connectivity index is 1.02. The fourth-order valence-electron chi connectivity index (χ4n) is 15.7. The third-order valence-corrected chi connectivity index (χ3v) is 20.5. The van der Waals surface area contributed by atoms with E-state index >= 15 is 28.8 Å². The Kier molecular flexibility index (Phi) is 16.5. The van der Waals surface area contributed by atoms with Gasteiger partial charge in [-0.2, -0.15) is 0 Å². The van der Waals surface area contributed by atoms with Crippen molar-refractivity contribution in [2.24, 2.45) is 0 Å². The third kappa shape index (κ3) is 11.6. The van der Waals surface area contributed by atoms with Crippen molar-refractivity contribution >= 4 is 122 Å². The highest BCUT2D eigenvalue weighted by Crippen LogP contribution is 2.59. The molecule has 0 bridgehead atoms. The lowest BCUT2D eigenvalue weighted by Crippen LogP contribution is -2.52. The molecule has 2 atom stereocenters.